The maximum atomic E-state index is 5.43. The van der Waals surface area contributed by atoms with Gasteiger partial charge < -0.3 is 9.64 Å². The van der Waals surface area contributed by atoms with Crippen molar-refractivity contribution in [2.75, 3.05) is 64.4 Å². The summed E-state index contributed by atoms with van der Waals surface area (Å²) in [6, 6.07) is 10.8. The van der Waals surface area contributed by atoms with E-state index in [4.69, 9.17) is 4.74 Å². The first-order valence-corrected chi connectivity index (χ1v) is 8.12. The van der Waals surface area contributed by atoms with Gasteiger partial charge in [0.05, 0.1) is 6.10 Å². The predicted molar refractivity (Wildman–Crippen MR) is 86.9 cm³/mol. The van der Waals surface area contributed by atoms with Gasteiger partial charge in [-0.1, -0.05) is 18.2 Å². The Labute approximate surface area is 128 Å². The fourth-order valence-corrected chi connectivity index (χ4v) is 3.34. The molecule has 2 aliphatic heterocycles. The molecule has 4 nitrogen and oxygen atoms in total. The van der Waals surface area contributed by atoms with Gasteiger partial charge in [-0.3, -0.25) is 9.80 Å². The van der Waals surface area contributed by atoms with Crippen LogP contribution < -0.4 is 4.90 Å². The number of likely N-dealkylation sites (tertiary alicyclic amines) is 1. The summed E-state index contributed by atoms with van der Waals surface area (Å²) in [6.07, 6.45) is 1.65. The molecule has 0 amide bonds. The molecule has 21 heavy (non-hydrogen) atoms. The van der Waals surface area contributed by atoms with Gasteiger partial charge in [-0.25, -0.2) is 0 Å². The van der Waals surface area contributed by atoms with E-state index in [1.807, 2.05) is 7.11 Å². The summed E-state index contributed by atoms with van der Waals surface area (Å²) < 4.78 is 5.43. The zero-order valence-electron chi connectivity index (χ0n) is 13.1. The molecule has 3 rings (SSSR count). The van der Waals surface area contributed by atoms with Crippen molar-refractivity contribution in [1.82, 2.24) is 9.80 Å². The number of benzene rings is 1. The zero-order chi connectivity index (χ0) is 14.5. The molecular formula is C17H27N3O. The van der Waals surface area contributed by atoms with Crippen LogP contribution in [-0.2, 0) is 4.74 Å². The highest BCUT2D eigenvalue weighted by Gasteiger charge is 2.23. The van der Waals surface area contributed by atoms with Crippen LogP contribution in [0.4, 0.5) is 5.69 Å². The zero-order valence-corrected chi connectivity index (χ0v) is 13.1. The van der Waals surface area contributed by atoms with Crippen molar-refractivity contribution < 1.29 is 4.74 Å². The number of hydrogen-bond donors (Lipinski definition) is 0. The van der Waals surface area contributed by atoms with Crippen LogP contribution in [0.25, 0.3) is 0 Å². The van der Waals surface area contributed by atoms with Gasteiger partial charge in [0, 0.05) is 65.2 Å². The first-order chi connectivity index (χ1) is 10.3. The highest BCUT2D eigenvalue weighted by atomic mass is 16.5. The van der Waals surface area contributed by atoms with Crippen molar-refractivity contribution in [1.29, 1.82) is 0 Å². The van der Waals surface area contributed by atoms with Crippen LogP contribution in [0.1, 0.15) is 6.42 Å². The second-order valence-electron chi connectivity index (χ2n) is 6.11. The molecule has 2 aliphatic rings. The number of para-hydroxylation sites is 1. The third-order valence-electron chi connectivity index (χ3n) is 4.79. The highest BCUT2D eigenvalue weighted by Crippen LogP contribution is 2.16. The Morgan fingerprint density at radius 2 is 1.67 bits per heavy atom. The minimum Gasteiger partial charge on any atom is -0.380 e. The van der Waals surface area contributed by atoms with Crippen LogP contribution >= 0.6 is 0 Å². The van der Waals surface area contributed by atoms with E-state index in [0.717, 1.165) is 19.6 Å². The van der Waals surface area contributed by atoms with Crippen molar-refractivity contribution in [3.05, 3.63) is 30.3 Å². The van der Waals surface area contributed by atoms with Crippen LogP contribution in [0.3, 0.4) is 0 Å². The normalized spacial score (nSPS) is 24.6. The summed E-state index contributed by atoms with van der Waals surface area (Å²) >= 11 is 0. The monoisotopic (exact) mass is 289 g/mol. The van der Waals surface area contributed by atoms with Crippen molar-refractivity contribution in [2.45, 2.75) is 12.5 Å². The smallest absolute Gasteiger partial charge is 0.0710 e. The number of nitrogens with zero attached hydrogens (tertiary/aromatic N) is 3. The number of piperazine rings is 1. The second kappa shape index (κ2) is 7.25. The van der Waals surface area contributed by atoms with Gasteiger partial charge in [0.25, 0.3) is 0 Å². The molecule has 0 bridgehead atoms. The van der Waals surface area contributed by atoms with E-state index in [0.29, 0.717) is 6.10 Å². The van der Waals surface area contributed by atoms with Crippen LogP contribution in [0.5, 0.6) is 0 Å². The van der Waals surface area contributed by atoms with Gasteiger partial charge in [-0.05, 0) is 18.6 Å². The quantitative estimate of drug-likeness (QED) is 0.818. The van der Waals surface area contributed by atoms with E-state index in [-0.39, 0.29) is 0 Å². The standard InChI is InChI=1S/C17H27N3O/c1-21-17-7-8-19(15-17)10-9-18-11-13-20(14-12-18)16-5-3-2-4-6-16/h2-6,17H,7-15H2,1H3. The summed E-state index contributed by atoms with van der Waals surface area (Å²) in [5.41, 5.74) is 1.36. The Hall–Kier alpha value is -1.10. The third kappa shape index (κ3) is 3.96. The van der Waals surface area contributed by atoms with E-state index in [1.54, 1.807) is 0 Å². The summed E-state index contributed by atoms with van der Waals surface area (Å²) in [5.74, 6) is 0. The van der Waals surface area contributed by atoms with Crippen LogP contribution in [0.15, 0.2) is 30.3 Å². The molecule has 4 heteroatoms. The van der Waals surface area contributed by atoms with Crippen LogP contribution in [-0.4, -0.2) is 75.4 Å². The Bertz CT molecular complexity index is 417. The molecule has 0 radical (unpaired) electrons. The van der Waals surface area contributed by atoms with Gasteiger partial charge in [0.2, 0.25) is 0 Å². The van der Waals surface area contributed by atoms with E-state index >= 15 is 0 Å². The van der Waals surface area contributed by atoms with Crippen LogP contribution in [0.2, 0.25) is 0 Å². The molecule has 1 unspecified atom stereocenters. The van der Waals surface area contributed by atoms with Crippen molar-refractivity contribution >= 4 is 5.69 Å². The minimum atomic E-state index is 0.458. The van der Waals surface area contributed by atoms with Gasteiger partial charge in [0.15, 0.2) is 0 Å². The second-order valence-corrected chi connectivity index (χ2v) is 6.11. The van der Waals surface area contributed by atoms with Gasteiger partial charge in [-0.2, -0.15) is 0 Å². The number of rotatable bonds is 5. The first-order valence-electron chi connectivity index (χ1n) is 8.12. The molecule has 0 aliphatic carbocycles. The Balaban J connectivity index is 1.38. The topological polar surface area (TPSA) is 19.0 Å². The van der Waals surface area contributed by atoms with Crippen molar-refractivity contribution in [2.24, 2.45) is 0 Å². The molecule has 0 N–H and O–H groups in total. The number of anilines is 1. The first kappa shape index (κ1) is 14.8. The van der Waals surface area contributed by atoms with Crippen molar-refractivity contribution in [3.8, 4) is 0 Å². The molecule has 0 aromatic heterocycles. The number of methoxy groups -OCH3 is 1. The SMILES string of the molecule is COC1CCN(CCN2CCN(c3ccccc3)CC2)C1. The lowest BCUT2D eigenvalue weighted by Gasteiger charge is -2.36. The Morgan fingerprint density at radius 3 is 2.33 bits per heavy atom. The van der Waals surface area contributed by atoms with Gasteiger partial charge in [-0.15, -0.1) is 0 Å². The molecule has 1 atom stereocenters. The summed E-state index contributed by atoms with van der Waals surface area (Å²) in [5, 5.41) is 0. The van der Waals surface area contributed by atoms with Crippen molar-refractivity contribution in [3.63, 3.8) is 0 Å². The fraction of sp³-hybridized carbons (Fsp3) is 0.647. The average Bonchev–Trinajstić information content (AvgIpc) is 3.02. The molecule has 2 fully saturated rings. The largest absolute Gasteiger partial charge is 0.380 e. The molecule has 1 aromatic rings. The number of hydrogen-bond acceptors (Lipinski definition) is 4. The molecular weight excluding hydrogens is 262 g/mol. The maximum Gasteiger partial charge on any atom is 0.0710 e. The molecule has 0 saturated carbocycles. The lowest BCUT2D eigenvalue weighted by atomic mass is 10.2. The molecule has 2 heterocycles. The van der Waals surface area contributed by atoms with Gasteiger partial charge >= 0.3 is 0 Å². The highest BCUT2D eigenvalue weighted by molar-refractivity contribution is 5.46. The summed E-state index contributed by atoms with van der Waals surface area (Å²) in [7, 11) is 1.83. The molecule has 1 aromatic carbocycles. The number of ether oxygens (including phenoxy) is 1. The predicted octanol–water partition coefficient (Wildman–Crippen LogP) is 1.53. The van der Waals surface area contributed by atoms with E-state index in [2.05, 4.69) is 45.0 Å². The Kier molecular flexibility index (Phi) is 5.12. The Morgan fingerprint density at radius 1 is 0.952 bits per heavy atom. The fourth-order valence-electron chi connectivity index (χ4n) is 3.34. The lowest BCUT2D eigenvalue weighted by Crippen LogP contribution is -2.48. The maximum absolute atomic E-state index is 5.43. The van der Waals surface area contributed by atoms with E-state index in [9.17, 15) is 0 Å². The van der Waals surface area contributed by atoms with Crippen LogP contribution in [0, 0.1) is 0 Å². The third-order valence-corrected chi connectivity index (χ3v) is 4.79. The molecule has 0 spiro atoms. The average molecular weight is 289 g/mol. The van der Waals surface area contributed by atoms with E-state index in [1.165, 1.54) is 44.8 Å². The molecule has 116 valence electrons. The molecule has 2 saturated heterocycles. The minimum absolute atomic E-state index is 0.458. The summed E-state index contributed by atoms with van der Waals surface area (Å²) in [4.78, 5) is 7.63. The summed E-state index contributed by atoms with van der Waals surface area (Å²) in [6.45, 7) is 9.33. The lowest BCUT2D eigenvalue weighted by molar-refractivity contribution is 0.106. The van der Waals surface area contributed by atoms with E-state index < -0.39 is 0 Å². The van der Waals surface area contributed by atoms with Gasteiger partial charge in [0.1, 0.15) is 0 Å².